The number of nitrogens with two attached hydrogens (primary N) is 1. The molecule has 3 heterocycles. The lowest BCUT2D eigenvalue weighted by atomic mass is 9.73. The van der Waals surface area contributed by atoms with E-state index in [9.17, 15) is 4.79 Å². The molecule has 0 radical (unpaired) electrons. The van der Waals surface area contributed by atoms with Crippen LogP contribution in [0.2, 0.25) is 0 Å². The number of methoxy groups -OCH3 is 2. The molecule has 28 heavy (non-hydrogen) atoms. The monoisotopic (exact) mass is 387 g/mol. The number of fused-ring (bicyclic) bond motifs is 3. The summed E-state index contributed by atoms with van der Waals surface area (Å²) in [5.74, 6) is 1.83. The molecule has 6 nitrogen and oxygen atoms in total. The Labute approximate surface area is 168 Å². The van der Waals surface area contributed by atoms with Crippen molar-refractivity contribution >= 4 is 5.91 Å². The number of carbonyl (C=O) groups is 1. The molecule has 6 heteroatoms. The number of benzene rings is 1. The van der Waals surface area contributed by atoms with Crippen molar-refractivity contribution in [3.05, 3.63) is 23.3 Å². The molecular weight excluding hydrogens is 354 g/mol. The third-order valence-corrected chi connectivity index (χ3v) is 7.08. The van der Waals surface area contributed by atoms with Crippen LogP contribution in [0.25, 0.3) is 0 Å². The highest BCUT2D eigenvalue weighted by atomic mass is 16.5. The predicted molar refractivity (Wildman–Crippen MR) is 109 cm³/mol. The minimum atomic E-state index is -0.141. The molecule has 3 aliphatic rings. The number of nitrogens with zero attached hydrogens (tertiary/aromatic N) is 2. The topological polar surface area (TPSA) is 68.0 Å². The van der Waals surface area contributed by atoms with Crippen LogP contribution in [0, 0.1) is 0 Å². The number of carbonyl (C=O) groups excluding carboxylic acids is 1. The summed E-state index contributed by atoms with van der Waals surface area (Å²) >= 11 is 0. The van der Waals surface area contributed by atoms with Crippen molar-refractivity contribution < 1.29 is 14.3 Å². The first-order valence-corrected chi connectivity index (χ1v) is 10.5. The minimum Gasteiger partial charge on any atom is -0.493 e. The molecule has 2 fully saturated rings. The zero-order valence-corrected chi connectivity index (χ0v) is 17.4. The average molecular weight is 388 g/mol. The first-order valence-electron chi connectivity index (χ1n) is 10.5. The van der Waals surface area contributed by atoms with Crippen LogP contribution in [0.4, 0.5) is 0 Å². The Morgan fingerprint density at radius 2 is 1.82 bits per heavy atom. The van der Waals surface area contributed by atoms with Crippen molar-refractivity contribution in [3.8, 4) is 11.5 Å². The maximum absolute atomic E-state index is 12.7. The summed E-state index contributed by atoms with van der Waals surface area (Å²) in [6.45, 7) is 4.96. The van der Waals surface area contributed by atoms with E-state index in [1.54, 1.807) is 14.2 Å². The van der Waals surface area contributed by atoms with Gasteiger partial charge in [-0.15, -0.1) is 0 Å². The number of piperidine rings is 1. The summed E-state index contributed by atoms with van der Waals surface area (Å²) in [6, 6.07) is 4.33. The smallest absolute Gasteiger partial charge is 0.222 e. The molecule has 0 aliphatic carbocycles. The van der Waals surface area contributed by atoms with Crippen LogP contribution in [0.1, 0.15) is 50.2 Å². The highest BCUT2D eigenvalue weighted by molar-refractivity contribution is 5.77. The SMILES string of the molecule is COc1cc2c(cc1OC)C1(C)C[C@H](N)[C@@H](N3CCCCCC3=O)CN1CC2. The molecule has 4 rings (SSSR count). The summed E-state index contributed by atoms with van der Waals surface area (Å²) in [4.78, 5) is 17.3. The molecule has 1 amide bonds. The highest BCUT2D eigenvalue weighted by Gasteiger charge is 2.48. The van der Waals surface area contributed by atoms with Gasteiger partial charge in [0.25, 0.3) is 0 Å². The van der Waals surface area contributed by atoms with Gasteiger partial charge in [-0.1, -0.05) is 6.42 Å². The van der Waals surface area contributed by atoms with Crippen LogP contribution in [-0.4, -0.2) is 61.6 Å². The molecule has 2 N–H and O–H groups in total. The van der Waals surface area contributed by atoms with E-state index in [1.165, 1.54) is 11.1 Å². The molecule has 1 unspecified atom stereocenters. The number of ether oxygens (including phenoxy) is 2. The van der Waals surface area contributed by atoms with Crippen molar-refractivity contribution in [3.63, 3.8) is 0 Å². The van der Waals surface area contributed by atoms with Gasteiger partial charge in [0.2, 0.25) is 5.91 Å². The number of hydrogen-bond donors (Lipinski definition) is 1. The summed E-state index contributed by atoms with van der Waals surface area (Å²) in [7, 11) is 3.36. The van der Waals surface area contributed by atoms with Crippen molar-refractivity contribution in [1.29, 1.82) is 0 Å². The fourth-order valence-corrected chi connectivity index (χ4v) is 5.47. The Kier molecular flexibility index (Phi) is 5.27. The summed E-state index contributed by atoms with van der Waals surface area (Å²) < 4.78 is 11.1. The van der Waals surface area contributed by atoms with E-state index in [0.717, 1.165) is 63.2 Å². The van der Waals surface area contributed by atoms with Crippen molar-refractivity contribution in [2.45, 2.75) is 63.1 Å². The van der Waals surface area contributed by atoms with Gasteiger partial charge in [0, 0.05) is 37.6 Å². The van der Waals surface area contributed by atoms with E-state index in [-0.39, 0.29) is 23.5 Å². The van der Waals surface area contributed by atoms with Gasteiger partial charge in [-0.2, -0.15) is 0 Å². The van der Waals surface area contributed by atoms with Gasteiger partial charge in [0.15, 0.2) is 11.5 Å². The lowest BCUT2D eigenvalue weighted by molar-refractivity contribution is -0.136. The standard InChI is InChI=1S/C22H33N3O3/c1-22-13-17(23)18(25-9-6-4-5-7-21(25)26)14-24(22)10-8-15-11-19(27-2)20(28-3)12-16(15)22/h11-12,17-18H,4-10,13-14,23H2,1-3H3/t17-,18-,22?/m0/s1. The second-order valence-corrected chi connectivity index (χ2v) is 8.67. The Morgan fingerprint density at radius 3 is 2.57 bits per heavy atom. The number of hydrogen-bond acceptors (Lipinski definition) is 5. The Hall–Kier alpha value is -1.79. The average Bonchev–Trinajstić information content (AvgIpc) is 2.90. The second kappa shape index (κ2) is 7.56. The fraction of sp³-hybridized carbons (Fsp3) is 0.682. The maximum Gasteiger partial charge on any atom is 0.222 e. The van der Waals surface area contributed by atoms with E-state index >= 15 is 0 Å². The summed E-state index contributed by atoms with van der Waals surface area (Å²) in [5, 5.41) is 0. The van der Waals surface area contributed by atoms with E-state index in [1.807, 2.05) is 0 Å². The molecule has 2 saturated heterocycles. The van der Waals surface area contributed by atoms with E-state index in [2.05, 4.69) is 28.9 Å². The number of likely N-dealkylation sites (tertiary alicyclic amines) is 1. The molecule has 0 aromatic heterocycles. The summed E-state index contributed by atoms with van der Waals surface area (Å²) in [6.07, 6.45) is 5.71. The largest absolute Gasteiger partial charge is 0.493 e. The van der Waals surface area contributed by atoms with E-state index in [0.29, 0.717) is 6.42 Å². The zero-order chi connectivity index (χ0) is 19.9. The first kappa shape index (κ1) is 19.5. The lowest BCUT2D eigenvalue weighted by Crippen LogP contribution is -2.66. The number of amides is 1. The molecule has 3 aliphatic heterocycles. The van der Waals surface area contributed by atoms with Crippen LogP contribution in [-0.2, 0) is 16.8 Å². The molecular formula is C22H33N3O3. The van der Waals surface area contributed by atoms with Gasteiger partial charge in [0.05, 0.1) is 20.3 Å². The quantitative estimate of drug-likeness (QED) is 0.862. The molecule has 3 atom stereocenters. The van der Waals surface area contributed by atoms with E-state index in [4.69, 9.17) is 15.2 Å². The van der Waals surface area contributed by atoms with Gasteiger partial charge >= 0.3 is 0 Å². The Balaban J connectivity index is 1.65. The normalized spacial score (nSPS) is 31.0. The predicted octanol–water partition coefficient (Wildman–Crippen LogP) is 2.28. The molecule has 0 spiro atoms. The molecule has 154 valence electrons. The maximum atomic E-state index is 12.7. The molecule has 0 saturated carbocycles. The Morgan fingerprint density at radius 1 is 1.07 bits per heavy atom. The Bertz CT molecular complexity index is 753. The van der Waals surface area contributed by atoms with Crippen LogP contribution >= 0.6 is 0 Å². The minimum absolute atomic E-state index is 0.0256. The molecule has 1 aromatic carbocycles. The van der Waals surface area contributed by atoms with Gasteiger partial charge < -0.3 is 20.1 Å². The fourth-order valence-electron chi connectivity index (χ4n) is 5.47. The van der Waals surface area contributed by atoms with Crippen LogP contribution in [0.15, 0.2) is 12.1 Å². The third kappa shape index (κ3) is 3.16. The first-order chi connectivity index (χ1) is 13.5. The van der Waals surface area contributed by atoms with Gasteiger partial charge in [0.1, 0.15) is 0 Å². The van der Waals surface area contributed by atoms with Gasteiger partial charge in [-0.3, -0.25) is 9.69 Å². The van der Waals surface area contributed by atoms with Gasteiger partial charge in [-0.05, 0) is 55.9 Å². The number of rotatable bonds is 3. The van der Waals surface area contributed by atoms with Crippen LogP contribution in [0.5, 0.6) is 11.5 Å². The zero-order valence-electron chi connectivity index (χ0n) is 17.4. The second-order valence-electron chi connectivity index (χ2n) is 8.67. The van der Waals surface area contributed by atoms with E-state index < -0.39 is 0 Å². The molecule has 1 aromatic rings. The van der Waals surface area contributed by atoms with Crippen LogP contribution in [0.3, 0.4) is 0 Å². The highest BCUT2D eigenvalue weighted by Crippen LogP contribution is 2.46. The lowest BCUT2D eigenvalue weighted by Gasteiger charge is -2.55. The van der Waals surface area contributed by atoms with Crippen LogP contribution < -0.4 is 15.2 Å². The summed E-state index contributed by atoms with van der Waals surface area (Å²) in [5.41, 5.74) is 9.18. The molecule has 0 bridgehead atoms. The van der Waals surface area contributed by atoms with Crippen molar-refractivity contribution in [2.75, 3.05) is 33.9 Å². The van der Waals surface area contributed by atoms with Crippen molar-refractivity contribution in [2.24, 2.45) is 5.73 Å². The van der Waals surface area contributed by atoms with Gasteiger partial charge in [-0.25, -0.2) is 0 Å². The third-order valence-electron chi connectivity index (χ3n) is 7.08. The van der Waals surface area contributed by atoms with Crippen molar-refractivity contribution in [1.82, 2.24) is 9.80 Å².